The lowest BCUT2D eigenvalue weighted by Gasteiger charge is -2.34. The standard InChI is InChI=1S/C9H19N3O2S2/c1-7(2)11-16(13,14)12-6-4-3-5-8(12)9(10)15/h7-8,11H,3-6H2,1-2H3,(H2,10,15). The Morgan fingerprint density at radius 3 is 2.62 bits per heavy atom. The zero-order chi connectivity index (χ0) is 12.3. The van der Waals surface area contributed by atoms with Crippen molar-refractivity contribution in [2.24, 2.45) is 5.73 Å². The van der Waals surface area contributed by atoms with Gasteiger partial charge in [0.25, 0.3) is 10.2 Å². The van der Waals surface area contributed by atoms with Gasteiger partial charge in [-0.05, 0) is 26.7 Å². The first kappa shape index (κ1) is 13.8. The lowest BCUT2D eigenvalue weighted by atomic mass is 10.1. The van der Waals surface area contributed by atoms with Gasteiger partial charge in [-0.15, -0.1) is 0 Å². The second-order valence-electron chi connectivity index (χ2n) is 4.30. The number of thiocarbonyl (C=S) groups is 1. The van der Waals surface area contributed by atoms with Gasteiger partial charge in [0, 0.05) is 12.6 Å². The molecule has 5 nitrogen and oxygen atoms in total. The molecule has 0 radical (unpaired) electrons. The van der Waals surface area contributed by atoms with Crippen molar-refractivity contribution in [1.29, 1.82) is 0 Å². The van der Waals surface area contributed by atoms with E-state index in [4.69, 9.17) is 18.0 Å². The summed E-state index contributed by atoms with van der Waals surface area (Å²) in [6, 6.07) is -0.459. The monoisotopic (exact) mass is 265 g/mol. The third kappa shape index (κ3) is 3.38. The minimum absolute atomic E-state index is 0.126. The summed E-state index contributed by atoms with van der Waals surface area (Å²) < 4.78 is 28.0. The summed E-state index contributed by atoms with van der Waals surface area (Å²) in [5.41, 5.74) is 5.58. The van der Waals surface area contributed by atoms with Crippen LogP contribution in [0.2, 0.25) is 0 Å². The normalized spacial score (nSPS) is 23.6. The van der Waals surface area contributed by atoms with E-state index in [-0.39, 0.29) is 17.1 Å². The maximum Gasteiger partial charge on any atom is 0.280 e. The van der Waals surface area contributed by atoms with Gasteiger partial charge < -0.3 is 5.73 Å². The number of rotatable bonds is 4. The number of nitrogens with one attached hydrogen (secondary N) is 1. The molecule has 16 heavy (non-hydrogen) atoms. The molecule has 0 aliphatic carbocycles. The number of hydrogen-bond acceptors (Lipinski definition) is 3. The van der Waals surface area contributed by atoms with Crippen LogP contribution in [0.4, 0.5) is 0 Å². The second kappa shape index (κ2) is 5.39. The molecule has 0 bridgehead atoms. The van der Waals surface area contributed by atoms with Crippen LogP contribution in [-0.2, 0) is 10.2 Å². The average molecular weight is 265 g/mol. The lowest BCUT2D eigenvalue weighted by Crippen LogP contribution is -2.54. The zero-order valence-electron chi connectivity index (χ0n) is 9.64. The molecule has 0 aromatic carbocycles. The second-order valence-corrected chi connectivity index (χ2v) is 6.43. The van der Waals surface area contributed by atoms with Crippen LogP contribution in [0.3, 0.4) is 0 Å². The van der Waals surface area contributed by atoms with E-state index in [1.54, 1.807) is 13.8 Å². The van der Waals surface area contributed by atoms with Gasteiger partial charge in [-0.1, -0.05) is 18.6 Å². The summed E-state index contributed by atoms with van der Waals surface area (Å²) in [6.07, 6.45) is 2.54. The van der Waals surface area contributed by atoms with E-state index < -0.39 is 10.2 Å². The largest absolute Gasteiger partial charge is 0.392 e. The van der Waals surface area contributed by atoms with Crippen molar-refractivity contribution in [2.45, 2.75) is 45.2 Å². The Labute approximate surface area is 103 Å². The highest BCUT2D eigenvalue weighted by Crippen LogP contribution is 2.20. The Morgan fingerprint density at radius 1 is 1.50 bits per heavy atom. The first-order valence-corrected chi connectivity index (χ1v) is 7.28. The van der Waals surface area contributed by atoms with Crippen molar-refractivity contribution in [3.8, 4) is 0 Å². The van der Waals surface area contributed by atoms with Gasteiger partial charge in [0.1, 0.15) is 0 Å². The predicted molar refractivity (Wildman–Crippen MR) is 68.3 cm³/mol. The quantitative estimate of drug-likeness (QED) is 0.720. The van der Waals surface area contributed by atoms with Crippen LogP contribution in [0.1, 0.15) is 33.1 Å². The maximum atomic E-state index is 12.0. The maximum absolute atomic E-state index is 12.0. The number of piperidine rings is 1. The van der Waals surface area contributed by atoms with E-state index in [0.29, 0.717) is 13.0 Å². The Bertz CT molecular complexity index is 354. The fourth-order valence-electron chi connectivity index (χ4n) is 1.84. The summed E-state index contributed by atoms with van der Waals surface area (Å²) >= 11 is 4.92. The zero-order valence-corrected chi connectivity index (χ0v) is 11.3. The molecule has 94 valence electrons. The third-order valence-electron chi connectivity index (χ3n) is 2.48. The van der Waals surface area contributed by atoms with Crippen molar-refractivity contribution < 1.29 is 8.42 Å². The smallest absolute Gasteiger partial charge is 0.280 e. The van der Waals surface area contributed by atoms with Gasteiger partial charge in [-0.25, -0.2) is 0 Å². The molecule has 0 saturated carbocycles. The van der Waals surface area contributed by atoms with Gasteiger partial charge in [0.2, 0.25) is 0 Å². The molecule has 1 rings (SSSR count). The fraction of sp³-hybridized carbons (Fsp3) is 0.889. The Morgan fingerprint density at radius 2 is 2.12 bits per heavy atom. The van der Waals surface area contributed by atoms with Crippen molar-refractivity contribution in [3.05, 3.63) is 0 Å². The van der Waals surface area contributed by atoms with Gasteiger partial charge in [-0.2, -0.15) is 17.4 Å². The topological polar surface area (TPSA) is 75.4 Å². The number of nitrogens with zero attached hydrogens (tertiary/aromatic N) is 1. The summed E-state index contributed by atoms with van der Waals surface area (Å²) in [5, 5.41) is 0. The van der Waals surface area contributed by atoms with Crippen molar-refractivity contribution in [3.63, 3.8) is 0 Å². The molecule has 1 fully saturated rings. The molecule has 3 N–H and O–H groups in total. The van der Waals surface area contributed by atoms with E-state index >= 15 is 0 Å². The van der Waals surface area contributed by atoms with Crippen LogP contribution in [0, 0.1) is 0 Å². The highest BCUT2D eigenvalue weighted by Gasteiger charge is 2.33. The van der Waals surface area contributed by atoms with Crippen LogP contribution >= 0.6 is 12.2 Å². The molecule has 0 aromatic rings. The fourth-order valence-corrected chi connectivity index (χ4v) is 3.81. The Kier molecular flexibility index (Phi) is 4.66. The molecular weight excluding hydrogens is 246 g/mol. The molecule has 0 spiro atoms. The van der Waals surface area contributed by atoms with Crippen molar-refractivity contribution >= 4 is 27.4 Å². The number of nitrogens with two attached hydrogens (primary N) is 1. The minimum atomic E-state index is -3.46. The molecule has 1 aliphatic rings. The van der Waals surface area contributed by atoms with Crippen LogP contribution in [-0.4, -0.2) is 36.3 Å². The molecule has 0 amide bonds. The van der Waals surface area contributed by atoms with Gasteiger partial charge in [0.05, 0.1) is 11.0 Å². The molecule has 1 atom stereocenters. The van der Waals surface area contributed by atoms with E-state index in [1.807, 2.05) is 0 Å². The summed E-state index contributed by atoms with van der Waals surface area (Å²) in [4.78, 5) is 0.258. The van der Waals surface area contributed by atoms with Crippen LogP contribution in [0.25, 0.3) is 0 Å². The minimum Gasteiger partial charge on any atom is -0.392 e. The highest BCUT2D eigenvalue weighted by atomic mass is 32.2. The van der Waals surface area contributed by atoms with Gasteiger partial charge >= 0.3 is 0 Å². The summed E-state index contributed by atoms with van der Waals surface area (Å²) in [7, 11) is -3.46. The van der Waals surface area contributed by atoms with E-state index in [1.165, 1.54) is 4.31 Å². The first-order valence-electron chi connectivity index (χ1n) is 5.43. The lowest BCUT2D eigenvalue weighted by molar-refractivity contribution is 0.301. The van der Waals surface area contributed by atoms with Crippen LogP contribution < -0.4 is 10.5 Å². The average Bonchev–Trinajstić information content (AvgIpc) is 2.15. The molecule has 1 heterocycles. The van der Waals surface area contributed by atoms with Crippen molar-refractivity contribution in [2.75, 3.05) is 6.54 Å². The molecule has 1 unspecified atom stereocenters. The molecule has 1 aliphatic heterocycles. The molecular formula is C9H19N3O2S2. The van der Waals surface area contributed by atoms with Gasteiger partial charge in [-0.3, -0.25) is 0 Å². The third-order valence-corrected chi connectivity index (χ3v) is 4.57. The SMILES string of the molecule is CC(C)NS(=O)(=O)N1CCCCC1C(N)=S. The van der Waals surface area contributed by atoms with E-state index in [0.717, 1.165) is 12.8 Å². The van der Waals surface area contributed by atoms with E-state index in [9.17, 15) is 8.42 Å². The van der Waals surface area contributed by atoms with Crippen LogP contribution in [0.5, 0.6) is 0 Å². The number of hydrogen-bond donors (Lipinski definition) is 2. The predicted octanol–water partition coefficient (Wildman–Crippen LogP) is 0.370. The Balaban J connectivity index is 2.86. The van der Waals surface area contributed by atoms with E-state index in [2.05, 4.69) is 4.72 Å². The summed E-state index contributed by atoms with van der Waals surface area (Å²) in [6.45, 7) is 4.07. The first-order chi connectivity index (χ1) is 7.34. The molecule has 1 saturated heterocycles. The molecule has 0 aromatic heterocycles. The Hall–Kier alpha value is -0.240. The summed E-state index contributed by atoms with van der Waals surface area (Å²) in [5.74, 6) is 0. The molecule has 7 heteroatoms. The van der Waals surface area contributed by atoms with Crippen molar-refractivity contribution in [1.82, 2.24) is 9.03 Å². The van der Waals surface area contributed by atoms with Crippen LogP contribution in [0.15, 0.2) is 0 Å². The van der Waals surface area contributed by atoms with Gasteiger partial charge in [0.15, 0.2) is 0 Å². The highest BCUT2D eigenvalue weighted by molar-refractivity contribution is 7.87.